The molecule has 1 fully saturated rings. The summed E-state index contributed by atoms with van der Waals surface area (Å²) in [6.07, 6.45) is 0.548. The molecule has 1 aliphatic rings. The molecule has 18 heavy (non-hydrogen) atoms. The van der Waals surface area contributed by atoms with Crippen LogP contribution in [0.1, 0.15) is 23.8 Å². The van der Waals surface area contributed by atoms with Gasteiger partial charge in [-0.2, -0.15) is 5.10 Å². The molecule has 0 spiro atoms. The van der Waals surface area contributed by atoms with Crippen LogP contribution in [0.5, 0.6) is 0 Å². The average Bonchev–Trinajstić information content (AvgIpc) is 2.38. The Morgan fingerprint density at radius 3 is 2.94 bits per heavy atom. The minimum atomic E-state index is -0.340. The third-order valence-corrected chi connectivity index (χ3v) is 3.01. The molecule has 1 amide bonds. The molecule has 96 valence electrons. The minimum absolute atomic E-state index is 0.0236. The summed E-state index contributed by atoms with van der Waals surface area (Å²) >= 11 is 0. The van der Waals surface area contributed by atoms with Crippen LogP contribution in [0.15, 0.2) is 22.1 Å². The molecule has 1 aromatic heterocycles. The standard InChI is InChI=1S/C11H14N4O3/c1-7-6-15(5-4-8(7)14-18)11(17)9-2-3-10(16)13-12-9/h2-3,7,18H,4-6H2,1H3,(H,13,16)/b14-8+. The Bertz CT molecular complexity index is 517. The number of aromatic amines is 1. The molecule has 1 atom stereocenters. The highest BCUT2D eigenvalue weighted by Crippen LogP contribution is 2.15. The lowest BCUT2D eigenvalue weighted by molar-refractivity contribution is 0.0726. The molecule has 1 aliphatic heterocycles. The molecular formula is C11H14N4O3. The molecule has 1 unspecified atom stereocenters. The second kappa shape index (κ2) is 4.99. The molecule has 0 aliphatic carbocycles. The minimum Gasteiger partial charge on any atom is -0.411 e. The van der Waals surface area contributed by atoms with E-state index in [1.54, 1.807) is 4.90 Å². The second-order valence-corrected chi connectivity index (χ2v) is 4.30. The SMILES string of the molecule is CC1CN(C(=O)c2ccc(=O)[nH]n2)CC/C1=N\O. The van der Waals surface area contributed by atoms with E-state index in [1.807, 2.05) is 6.92 Å². The van der Waals surface area contributed by atoms with E-state index in [1.165, 1.54) is 12.1 Å². The lowest BCUT2D eigenvalue weighted by atomic mass is 9.97. The fraction of sp³-hybridized carbons (Fsp3) is 0.455. The van der Waals surface area contributed by atoms with Crippen LogP contribution in [0.3, 0.4) is 0 Å². The summed E-state index contributed by atoms with van der Waals surface area (Å²) in [4.78, 5) is 24.6. The van der Waals surface area contributed by atoms with Crippen molar-refractivity contribution in [3.05, 3.63) is 28.2 Å². The van der Waals surface area contributed by atoms with E-state index < -0.39 is 0 Å². The van der Waals surface area contributed by atoms with Crippen molar-refractivity contribution in [3.8, 4) is 0 Å². The van der Waals surface area contributed by atoms with E-state index in [-0.39, 0.29) is 23.1 Å². The van der Waals surface area contributed by atoms with Crippen molar-refractivity contribution in [2.75, 3.05) is 13.1 Å². The van der Waals surface area contributed by atoms with Gasteiger partial charge < -0.3 is 10.1 Å². The lowest BCUT2D eigenvalue weighted by Crippen LogP contribution is -2.43. The van der Waals surface area contributed by atoms with Gasteiger partial charge >= 0.3 is 0 Å². The molecule has 2 rings (SSSR count). The van der Waals surface area contributed by atoms with Crippen LogP contribution in [-0.2, 0) is 0 Å². The first-order chi connectivity index (χ1) is 8.61. The highest BCUT2D eigenvalue weighted by molar-refractivity contribution is 5.94. The van der Waals surface area contributed by atoms with Gasteiger partial charge in [0.2, 0.25) is 0 Å². The number of nitrogens with one attached hydrogen (secondary N) is 1. The largest absolute Gasteiger partial charge is 0.411 e. The number of hydrogen-bond acceptors (Lipinski definition) is 5. The van der Waals surface area contributed by atoms with Crippen LogP contribution in [-0.4, -0.2) is 45.0 Å². The number of amides is 1. The molecule has 7 heteroatoms. The Labute approximate surface area is 103 Å². The Hall–Kier alpha value is -2.18. The summed E-state index contributed by atoms with van der Waals surface area (Å²) < 4.78 is 0. The molecule has 1 aromatic rings. The average molecular weight is 250 g/mol. The van der Waals surface area contributed by atoms with Gasteiger partial charge in [0.25, 0.3) is 11.5 Å². The number of likely N-dealkylation sites (tertiary alicyclic amines) is 1. The number of nitrogens with zero attached hydrogens (tertiary/aromatic N) is 3. The smallest absolute Gasteiger partial charge is 0.274 e. The van der Waals surface area contributed by atoms with Gasteiger partial charge in [-0.1, -0.05) is 12.1 Å². The summed E-state index contributed by atoms with van der Waals surface area (Å²) in [5.41, 5.74) is 0.577. The monoisotopic (exact) mass is 250 g/mol. The number of H-pyrrole nitrogens is 1. The van der Waals surface area contributed by atoms with E-state index in [4.69, 9.17) is 5.21 Å². The number of carbonyl (C=O) groups excluding carboxylic acids is 1. The van der Waals surface area contributed by atoms with Crippen molar-refractivity contribution in [1.82, 2.24) is 15.1 Å². The second-order valence-electron chi connectivity index (χ2n) is 4.30. The van der Waals surface area contributed by atoms with Crippen molar-refractivity contribution in [2.45, 2.75) is 13.3 Å². The molecular weight excluding hydrogens is 236 g/mol. The number of rotatable bonds is 1. The normalized spacial score (nSPS) is 22.2. The van der Waals surface area contributed by atoms with Gasteiger partial charge in [-0.25, -0.2) is 5.10 Å². The number of oxime groups is 1. The quantitative estimate of drug-likeness (QED) is 0.544. The number of piperidine rings is 1. The summed E-state index contributed by atoms with van der Waals surface area (Å²) in [5, 5.41) is 17.9. The predicted octanol–water partition coefficient (Wildman–Crippen LogP) is 0.0821. The van der Waals surface area contributed by atoms with Crippen LogP contribution in [0, 0.1) is 5.92 Å². The number of aromatic nitrogens is 2. The van der Waals surface area contributed by atoms with Crippen molar-refractivity contribution in [1.29, 1.82) is 0 Å². The van der Waals surface area contributed by atoms with Crippen molar-refractivity contribution < 1.29 is 10.0 Å². The van der Waals surface area contributed by atoms with Crippen molar-refractivity contribution in [3.63, 3.8) is 0 Å². The highest BCUT2D eigenvalue weighted by atomic mass is 16.4. The zero-order valence-electron chi connectivity index (χ0n) is 9.96. The van der Waals surface area contributed by atoms with Gasteiger partial charge in [-0.3, -0.25) is 9.59 Å². The summed E-state index contributed by atoms with van der Waals surface area (Å²) in [6, 6.07) is 2.68. The summed E-state index contributed by atoms with van der Waals surface area (Å²) in [7, 11) is 0. The third kappa shape index (κ3) is 2.39. The van der Waals surface area contributed by atoms with Crippen molar-refractivity contribution >= 4 is 11.6 Å². The van der Waals surface area contributed by atoms with E-state index in [0.29, 0.717) is 25.2 Å². The molecule has 0 bridgehead atoms. The van der Waals surface area contributed by atoms with Gasteiger partial charge in [-0.05, 0) is 6.07 Å². The van der Waals surface area contributed by atoms with Crippen LogP contribution >= 0.6 is 0 Å². The fourth-order valence-corrected chi connectivity index (χ4v) is 1.98. The molecule has 0 aromatic carbocycles. The lowest BCUT2D eigenvalue weighted by Gasteiger charge is -2.31. The first kappa shape index (κ1) is 12.3. The van der Waals surface area contributed by atoms with Crippen molar-refractivity contribution in [2.24, 2.45) is 11.1 Å². The van der Waals surface area contributed by atoms with E-state index >= 15 is 0 Å². The highest BCUT2D eigenvalue weighted by Gasteiger charge is 2.27. The van der Waals surface area contributed by atoms with Crippen LogP contribution in [0.4, 0.5) is 0 Å². The van der Waals surface area contributed by atoms with Gasteiger partial charge in [0, 0.05) is 31.5 Å². The first-order valence-corrected chi connectivity index (χ1v) is 5.67. The summed E-state index contributed by atoms with van der Waals surface area (Å²) in [5.74, 6) is -0.203. The molecule has 0 radical (unpaired) electrons. The molecule has 7 nitrogen and oxygen atoms in total. The Morgan fingerprint density at radius 1 is 1.61 bits per heavy atom. The first-order valence-electron chi connectivity index (χ1n) is 5.67. The van der Waals surface area contributed by atoms with Crippen LogP contribution in [0.2, 0.25) is 0 Å². The number of hydrogen-bond donors (Lipinski definition) is 2. The maximum Gasteiger partial charge on any atom is 0.274 e. The Balaban J connectivity index is 2.11. The molecule has 0 saturated carbocycles. The van der Waals surface area contributed by atoms with Gasteiger partial charge in [0.1, 0.15) is 5.69 Å². The fourth-order valence-electron chi connectivity index (χ4n) is 1.98. The Morgan fingerprint density at radius 2 is 2.39 bits per heavy atom. The number of carbonyl (C=O) groups is 1. The Kier molecular flexibility index (Phi) is 3.40. The zero-order valence-corrected chi connectivity index (χ0v) is 9.96. The summed E-state index contributed by atoms with van der Waals surface area (Å²) in [6.45, 7) is 2.87. The van der Waals surface area contributed by atoms with E-state index in [9.17, 15) is 9.59 Å². The third-order valence-electron chi connectivity index (χ3n) is 3.01. The van der Waals surface area contributed by atoms with Crippen LogP contribution < -0.4 is 5.56 Å². The molecule has 2 heterocycles. The maximum atomic E-state index is 12.1. The molecule has 1 saturated heterocycles. The van der Waals surface area contributed by atoms with E-state index in [2.05, 4.69) is 15.4 Å². The van der Waals surface area contributed by atoms with Gasteiger partial charge in [0.15, 0.2) is 0 Å². The van der Waals surface area contributed by atoms with E-state index in [0.717, 1.165) is 0 Å². The van der Waals surface area contributed by atoms with Gasteiger partial charge in [-0.15, -0.1) is 0 Å². The van der Waals surface area contributed by atoms with Gasteiger partial charge in [0.05, 0.1) is 5.71 Å². The maximum absolute atomic E-state index is 12.1. The predicted molar refractivity (Wildman–Crippen MR) is 63.8 cm³/mol. The topological polar surface area (TPSA) is 98.7 Å². The zero-order chi connectivity index (χ0) is 13.1. The molecule has 2 N–H and O–H groups in total. The van der Waals surface area contributed by atoms with Crippen LogP contribution in [0.25, 0.3) is 0 Å².